The van der Waals surface area contributed by atoms with Gasteiger partial charge in [-0.15, -0.1) is 0 Å². The minimum absolute atomic E-state index is 0.0607. The number of aryl methyl sites for hydroxylation is 2. The number of phenolic OH excluding ortho intramolecular Hbond substituents is 2. The van der Waals surface area contributed by atoms with Crippen molar-refractivity contribution in [2.24, 2.45) is 0 Å². The van der Waals surface area contributed by atoms with Crippen LogP contribution in [0.3, 0.4) is 0 Å². The van der Waals surface area contributed by atoms with E-state index in [2.05, 4.69) is 182 Å². The summed E-state index contributed by atoms with van der Waals surface area (Å²) >= 11 is 0. The molecule has 0 spiro atoms. The molecular formula is C59H65NO2. The third-order valence-corrected chi connectivity index (χ3v) is 12.2. The van der Waals surface area contributed by atoms with E-state index in [9.17, 15) is 10.2 Å². The molecule has 0 fully saturated rings. The van der Waals surface area contributed by atoms with Gasteiger partial charge in [-0.05, 0) is 128 Å². The van der Waals surface area contributed by atoms with Crippen LogP contribution in [-0.2, 0) is 21.7 Å². The molecule has 7 rings (SSSR count). The van der Waals surface area contributed by atoms with Crippen LogP contribution in [0.15, 0.2) is 127 Å². The van der Waals surface area contributed by atoms with Crippen LogP contribution >= 0.6 is 0 Å². The Bertz CT molecular complexity index is 2560. The topological polar surface area (TPSA) is 53.4 Å². The number of hydrogen-bond acceptors (Lipinski definition) is 3. The molecule has 3 heteroatoms. The number of rotatable bonds is 6. The molecule has 1 aromatic heterocycles. The van der Waals surface area contributed by atoms with E-state index in [0.717, 1.165) is 78.1 Å². The maximum Gasteiger partial charge on any atom is 0.131 e. The lowest BCUT2D eigenvalue weighted by atomic mass is 9.78. The van der Waals surface area contributed by atoms with Crippen LogP contribution in [0, 0.1) is 13.8 Å². The monoisotopic (exact) mass is 820 g/mol. The molecule has 0 unspecified atom stereocenters. The van der Waals surface area contributed by atoms with Gasteiger partial charge < -0.3 is 10.2 Å². The lowest BCUT2D eigenvalue weighted by molar-refractivity contribution is 0.478. The fraction of sp³-hybridized carbons (Fsp3) is 0.305. The van der Waals surface area contributed by atoms with Crippen LogP contribution in [0.1, 0.15) is 116 Å². The molecule has 0 aliphatic rings. The van der Waals surface area contributed by atoms with E-state index in [1.165, 1.54) is 22.3 Å². The summed E-state index contributed by atoms with van der Waals surface area (Å²) in [5, 5.41) is 24.6. The molecule has 318 valence electrons. The van der Waals surface area contributed by atoms with Gasteiger partial charge in [0.25, 0.3) is 0 Å². The average molecular weight is 820 g/mol. The molecular weight excluding hydrogens is 755 g/mol. The van der Waals surface area contributed by atoms with Crippen LogP contribution in [0.4, 0.5) is 0 Å². The van der Waals surface area contributed by atoms with Crippen molar-refractivity contribution in [1.82, 2.24) is 4.98 Å². The van der Waals surface area contributed by atoms with E-state index < -0.39 is 0 Å². The number of phenols is 2. The van der Waals surface area contributed by atoms with Gasteiger partial charge in [0.1, 0.15) is 11.5 Å². The standard InChI is InChI=1S/C59H65NO2/c1-36-26-48(38-30-40(56(3,4)5)34-41(31-38)57(6,7)8)54(61)50(28-36)44-20-15-17-22-46(44)52-24-19-25-53(60-52)47-23-18-16-21-45(47)51-29-37(2)27-49(55(51)62)39-32-42(58(9,10)11)35-43(33-39)59(12,13)14/h15-35,61-62H,1-14H3. The summed E-state index contributed by atoms with van der Waals surface area (Å²) in [6.07, 6.45) is 0. The highest BCUT2D eigenvalue weighted by molar-refractivity contribution is 5.92. The van der Waals surface area contributed by atoms with Crippen LogP contribution < -0.4 is 0 Å². The average Bonchev–Trinajstić information content (AvgIpc) is 3.20. The van der Waals surface area contributed by atoms with Crippen molar-refractivity contribution in [3.05, 3.63) is 161 Å². The van der Waals surface area contributed by atoms with Crippen LogP contribution in [-0.4, -0.2) is 15.2 Å². The fourth-order valence-electron chi connectivity index (χ4n) is 8.32. The molecule has 3 nitrogen and oxygen atoms in total. The second-order valence-electron chi connectivity index (χ2n) is 21.5. The smallest absolute Gasteiger partial charge is 0.131 e. The Kier molecular flexibility index (Phi) is 11.4. The first-order chi connectivity index (χ1) is 28.9. The van der Waals surface area contributed by atoms with Crippen LogP contribution in [0.2, 0.25) is 0 Å². The maximum absolute atomic E-state index is 12.3. The molecule has 62 heavy (non-hydrogen) atoms. The Balaban J connectivity index is 1.35. The first-order valence-electron chi connectivity index (χ1n) is 22.1. The molecule has 2 N–H and O–H groups in total. The number of aromatic nitrogens is 1. The Hall–Kier alpha value is -5.93. The Morgan fingerprint density at radius 3 is 0.919 bits per heavy atom. The van der Waals surface area contributed by atoms with Gasteiger partial charge in [-0.3, -0.25) is 0 Å². The van der Waals surface area contributed by atoms with E-state index in [1.54, 1.807) is 0 Å². The third kappa shape index (κ3) is 9.00. The van der Waals surface area contributed by atoms with E-state index in [4.69, 9.17) is 4.98 Å². The largest absolute Gasteiger partial charge is 0.507 e. The first-order valence-corrected chi connectivity index (χ1v) is 22.1. The Morgan fingerprint density at radius 2 is 0.613 bits per heavy atom. The van der Waals surface area contributed by atoms with Crippen molar-refractivity contribution in [1.29, 1.82) is 0 Å². The van der Waals surface area contributed by atoms with Crippen LogP contribution in [0.25, 0.3) is 67.0 Å². The zero-order chi connectivity index (χ0) is 45.1. The van der Waals surface area contributed by atoms with Gasteiger partial charge in [0.05, 0.1) is 11.4 Å². The quantitative estimate of drug-likeness (QED) is 0.176. The lowest BCUT2D eigenvalue weighted by Gasteiger charge is -2.26. The number of nitrogens with zero attached hydrogens (tertiary/aromatic N) is 1. The molecule has 0 saturated heterocycles. The predicted octanol–water partition coefficient (Wildman–Crippen LogP) is 16.3. The van der Waals surface area contributed by atoms with Crippen molar-refractivity contribution in [3.8, 4) is 78.5 Å². The summed E-state index contributed by atoms with van der Waals surface area (Å²) in [4.78, 5) is 5.34. The third-order valence-electron chi connectivity index (χ3n) is 12.2. The van der Waals surface area contributed by atoms with E-state index in [1.807, 2.05) is 42.5 Å². The first kappa shape index (κ1) is 44.1. The fourth-order valence-corrected chi connectivity index (χ4v) is 8.32. The number of benzene rings is 6. The van der Waals surface area contributed by atoms with E-state index >= 15 is 0 Å². The summed E-state index contributed by atoms with van der Waals surface area (Å²) < 4.78 is 0. The van der Waals surface area contributed by atoms with Gasteiger partial charge in [0, 0.05) is 33.4 Å². The normalized spacial score (nSPS) is 12.5. The summed E-state index contributed by atoms with van der Waals surface area (Å²) in [6, 6.07) is 44.5. The maximum atomic E-state index is 12.3. The van der Waals surface area contributed by atoms with Gasteiger partial charge in [0.15, 0.2) is 0 Å². The zero-order valence-corrected chi connectivity index (χ0v) is 39.5. The van der Waals surface area contributed by atoms with Gasteiger partial charge in [-0.2, -0.15) is 0 Å². The summed E-state index contributed by atoms with van der Waals surface area (Å²) in [7, 11) is 0. The van der Waals surface area contributed by atoms with Crippen LogP contribution in [0.5, 0.6) is 11.5 Å². The molecule has 7 aromatic rings. The Labute approximate surface area is 371 Å². The van der Waals surface area contributed by atoms with Crippen molar-refractivity contribution in [3.63, 3.8) is 0 Å². The number of aromatic hydroxyl groups is 2. The zero-order valence-electron chi connectivity index (χ0n) is 39.5. The summed E-state index contributed by atoms with van der Waals surface area (Å²) in [5.41, 5.74) is 17.3. The summed E-state index contributed by atoms with van der Waals surface area (Å²) in [6.45, 7) is 31.1. The molecule has 1 heterocycles. The number of hydrogen-bond donors (Lipinski definition) is 2. The summed E-state index contributed by atoms with van der Waals surface area (Å²) in [5.74, 6) is 0.507. The Morgan fingerprint density at radius 1 is 0.323 bits per heavy atom. The SMILES string of the molecule is Cc1cc(-c2cc(C(C)(C)C)cc(C(C)(C)C)c2)c(O)c(-c2ccccc2-c2cccc(-c3ccccc3-c3cc(C)cc(-c4cc(C(C)(C)C)cc(C(C)(C)C)c4)c3O)n2)c1. The van der Waals surface area contributed by atoms with Crippen molar-refractivity contribution >= 4 is 0 Å². The highest BCUT2D eigenvalue weighted by Crippen LogP contribution is 2.47. The van der Waals surface area contributed by atoms with Crippen molar-refractivity contribution < 1.29 is 10.2 Å². The van der Waals surface area contributed by atoms with Gasteiger partial charge in [0.2, 0.25) is 0 Å². The minimum Gasteiger partial charge on any atom is -0.507 e. The second kappa shape index (κ2) is 16.1. The molecule has 6 aromatic carbocycles. The highest BCUT2D eigenvalue weighted by Gasteiger charge is 2.26. The van der Waals surface area contributed by atoms with Crippen molar-refractivity contribution in [2.45, 2.75) is 119 Å². The predicted molar refractivity (Wildman–Crippen MR) is 264 cm³/mol. The molecule has 0 aliphatic heterocycles. The highest BCUT2D eigenvalue weighted by atomic mass is 16.3. The lowest BCUT2D eigenvalue weighted by Crippen LogP contribution is -2.16. The van der Waals surface area contributed by atoms with Gasteiger partial charge >= 0.3 is 0 Å². The van der Waals surface area contributed by atoms with Crippen molar-refractivity contribution in [2.75, 3.05) is 0 Å². The minimum atomic E-state index is -0.0607. The van der Waals surface area contributed by atoms with Gasteiger partial charge in [-0.1, -0.05) is 174 Å². The van der Waals surface area contributed by atoms with E-state index in [-0.39, 0.29) is 33.2 Å². The molecule has 0 radical (unpaired) electrons. The molecule has 0 aliphatic carbocycles. The number of pyridine rings is 1. The van der Waals surface area contributed by atoms with E-state index in [0.29, 0.717) is 0 Å². The van der Waals surface area contributed by atoms with Gasteiger partial charge in [-0.25, -0.2) is 4.98 Å². The second-order valence-corrected chi connectivity index (χ2v) is 21.5. The molecule has 0 amide bonds. The molecule has 0 saturated carbocycles. The molecule has 0 atom stereocenters. The molecule has 0 bridgehead atoms.